The van der Waals surface area contributed by atoms with Gasteiger partial charge in [0.25, 0.3) is 0 Å². The molecule has 70 valence electrons. The average Bonchev–Trinajstić information content (AvgIpc) is 2.02. The lowest BCUT2D eigenvalue weighted by Gasteiger charge is -2.35. The van der Waals surface area contributed by atoms with Crippen molar-refractivity contribution in [3.05, 3.63) is 12.2 Å². The summed E-state index contributed by atoms with van der Waals surface area (Å²) in [5.74, 6) is 1.29. The molecule has 0 nitrogen and oxygen atoms in total. The molecule has 1 rings (SSSR count). The molecule has 0 bridgehead atoms. The van der Waals surface area contributed by atoms with Crippen LogP contribution in [0, 0.1) is 0 Å². The molecule has 12 heavy (non-hydrogen) atoms. The molecule has 0 radical (unpaired) electrons. The molecule has 0 amide bonds. The van der Waals surface area contributed by atoms with Crippen molar-refractivity contribution in [2.24, 2.45) is 0 Å². The zero-order chi connectivity index (χ0) is 9.14. The van der Waals surface area contributed by atoms with Crippen molar-refractivity contribution >= 4 is 23.5 Å². The molecular weight excluding hydrogens is 184 g/mol. The lowest BCUT2D eigenvalue weighted by atomic mass is 10.1. The van der Waals surface area contributed by atoms with Gasteiger partial charge in [0.05, 0.1) is 0 Å². The Balaban J connectivity index is 2.06. The van der Waals surface area contributed by atoms with Gasteiger partial charge in [-0.15, -0.1) is 11.8 Å². The first-order valence-corrected chi connectivity index (χ1v) is 6.56. The fraction of sp³-hybridized carbons (Fsp3) is 0.800. The van der Waals surface area contributed by atoms with Crippen molar-refractivity contribution in [1.29, 1.82) is 0 Å². The Morgan fingerprint density at radius 3 is 2.67 bits per heavy atom. The highest BCUT2D eigenvalue weighted by Crippen LogP contribution is 2.42. The lowest BCUT2D eigenvalue weighted by molar-refractivity contribution is 0.843. The van der Waals surface area contributed by atoms with E-state index >= 15 is 0 Å². The second-order valence-corrected chi connectivity index (χ2v) is 6.78. The van der Waals surface area contributed by atoms with Crippen LogP contribution in [-0.4, -0.2) is 21.5 Å². The third-order valence-corrected chi connectivity index (χ3v) is 4.85. The van der Waals surface area contributed by atoms with E-state index in [-0.39, 0.29) is 0 Å². The zero-order valence-corrected chi connectivity index (χ0v) is 9.80. The quantitative estimate of drug-likeness (QED) is 0.639. The molecule has 0 saturated carbocycles. The van der Waals surface area contributed by atoms with Crippen LogP contribution in [0.3, 0.4) is 0 Å². The average molecular weight is 202 g/mol. The van der Waals surface area contributed by atoms with Gasteiger partial charge in [-0.1, -0.05) is 26.0 Å². The van der Waals surface area contributed by atoms with Crippen molar-refractivity contribution < 1.29 is 0 Å². The molecule has 0 spiro atoms. The summed E-state index contributed by atoms with van der Waals surface area (Å²) in [6.07, 6.45) is 1.32. The predicted octanol–water partition coefficient (Wildman–Crippen LogP) is 3.58. The Labute approximate surface area is 84.6 Å². The second-order valence-electron chi connectivity index (χ2n) is 3.55. The van der Waals surface area contributed by atoms with E-state index in [4.69, 9.17) is 0 Å². The zero-order valence-electron chi connectivity index (χ0n) is 8.17. The fourth-order valence-corrected chi connectivity index (χ4v) is 3.51. The van der Waals surface area contributed by atoms with Crippen LogP contribution in [0.5, 0.6) is 0 Å². The Morgan fingerprint density at radius 1 is 1.58 bits per heavy atom. The predicted molar refractivity (Wildman–Crippen MR) is 62.2 cm³/mol. The molecule has 1 aliphatic rings. The first-order chi connectivity index (χ1) is 5.61. The molecule has 2 heteroatoms. The van der Waals surface area contributed by atoms with Gasteiger partial charge in [0.15, 0.2) is 0 Å². The van der Waals surface area contributed by atoms with Crippen LogP contribution in [-0.2, 0) is 0 Å². The van der Waals surface area contributed by atoms with E-state index in [1.165, 1.54) is 17.7 Å². The Morgan fingerprint density at radius 2 is 2.25 bits per heavy atom. The molecular formula is C10H18S2. The minimum absolute atomic E-state index is 0.721. The Bertz CT molecular complexity index is 163. The van der Waals surface area contributed by atoms with E-state index in [0.717, 1.165) is 15.7 Å². The number of rotatable bonds is 4. The summed E-state index contributed by atoms with van der Waals surface area (Å²) >= 11 is 4.13. The molecule has 0 aliphatic carbocycles. The number of thioether (sulfide) groups is 2. The number of hydrogen-bond donors (Lipinski definition) is 0. The van der Waals surface area contributed by atoms with Gasteiger partial charge in [-0.25, -0.2) is 0 Å². The topological polar surface area (TPSA) is 0 Å². The van der Waals surface area contributed by atoms with Crippen LogP contribution in [0.2, 0.25) is 0 Å². The summed E-state index contributed by atoms with van der Waals surface area (Å²) in [4.78, 5) is 0. The van der Waals surface area contributed by atoms with Crippen LogP contribution < -0.4 is 0 Å². The molecule has 0 aromatic rings. The normalized spacial score (nSPS) is 29.2. The third kappa shape index (κ3) is 2.74. The standard InChI is InChI=1S/C10H18S2/c1-7(2)11-6-5-10-8(3)9(4)12-10/h7,9-10H,3,5-6H2,1-2,4H3. The van der Waals surface area contributed by atoms with Crippen LogP contribution in [0.25, 0.3) is 0 Å². The summed E-state index contributed by atoms with van der Waals surface area (Å²) in [5.41, 5.74) is 1.46. The molecule has 1 fully saturated rings. The highest BCUT2D eigenvalue weighted by molar-refractivity contribution is 8.02. The summed E-state index contributed by atoms with van der Waals surface area (Å²) in [7, 11) is 0. The van der Waals surface area contributed by atoms with Gasteiger partial charge in [0, 0.05) is 10.5 Å². The maximum Gasteiger partial charge on any atom is 0.0278 e. The van der Waals surface area contributed by atoms with Crippen molar-refractivity contribution in [2.75, 3.05) is 5.75 Å². The molecule has 2 unspecified atom stereocenters. The van der Waals surface area contributed by atoms with E-state index in [1.807, 2.05) is 0 Å². The maximum atomic E-state index is 4.09. The number of hydrogen-bond acceptors (Lipinski definition) is 2. The highest BCUT2D eigenvalue weighted by Gasteiger charge is 2.29. The smallest absolute Gasteiger partial charge is 0.0278 e. The van der Waals surface area contributed by atoms with Crippen LogP contribution in [0.4, 0.5) is 0 Å². The van der Waals surface area contributed by atoms with Crippen molar-refractivity contribution in [3.63, 3.8) is 0 Å². The highest BCUT2D eigenvalue weighted by atomic mass is 32.2. The van der Waals surface area contributed by atoms with Gasteiger partial charge in [-0.3, -0.25) is 0 Å². The Kier molecular flexibility index (Phi) is 4.04. The lowest BCUT2D eigenvalue weighted by Crippen LogP contribution is -2.27. The van der Waals surface area contributed by atoms with E-state index in [1.54, 1.807) is 0 Å². The molecule has 1 aliphatic heterocycles. The Hall–Kier alpha value is 0.440. The largest absolute Gasteiger partial charge is 0.159 e. The second kappa shape index (κ2) is 4.61. The third-order valence-electron chi connectivity index (χ3n) is 2.14. The summed E-state index contributed by atoms with van der Waals surface area (Å²) in [6, 6.07) is 0. The summed E-state index contributed by atoms with van der Waals surface area (Å²) in [5, 5.41) is 2.27. The van der Waals surface area contributed by atoms with Gasteiger partial charge in [0.1, 0.15) is 0 Å². The van der Waals surface area contributed by atoms with Gasteiger partial charge in [-0.2, -0.15) is 11.8 Å². The molecule has 1 heterocycles. The van der Waals surface area contributed by atoms with Crippen LogP contribution in [0.15, 0.2) is 12.2 Å². The van der Waals surface area contributed by atoms with Gasteiger partial charge in [0.2, 0.25) is 0 Å². The first-order valence-electron chi connectivity index (χ1n) is 4.57. The summed E-state index contributed by atoms with van der Waals surface area (Å²) in [6.45, 7) is 10.9. The van der Waals surface area contributed by atoms with E-state index in [9.17, 15) is 0 Å². The van der Waals surface area contributed by atoms with E-state index < -0.39 is 0 Å². The van der Waals surface area contributed by atoms with Crippen molar-refractivity contribution in [2.45, 2.75) is 42.9 Å². The van der Waals surface area contributed by atoms with Crippen LogP contribution >= 0.6 is 23.5 Å². The minimum Gasteiger partial charge on any atom is -0.159 e. The van der Waals surface area contributed by atoms with Crippen molar-refractivity contribution in [1.82, 2.24) is 0 Å². The van der Waals surface area contributed by atoms with Gasteiger partial charge < -0.3 is 0 Å². The van der Waals surface area contributed by atoms with Gasteiger partial charge in [-0.05, 0) is 24.3 Å². The molecule has 2 atom stereocenters. The van der Waals surface area contributed by atoms with Crippen molar-refractivity contribution in [3.8, 4) is 0 Å². The monoisotopic (exact) mass is 202 g/mol. The first kappa shape index (κ1) is 10.5. The minimum atomic E-state index is 0.721. The fourth-order valence-electron chi connectivity index (χ4n) is 1.27. The summed E-state index contributed by atoms with van der Waals surface area (Å²) < 4.78 is 0. The molecule has 0 N–H and O–H groups in total. The molecule has 1 saturated heterocycles. The molecule has 0 aromatic carbocycles. The maximum absolute atomic E-state index is 4.09. The van der Waals surface area contributed by atoms with Crippen LogP contribution in [0.1, 0.15) is 27.2 Å². The van der Waals surface area contributed by atoms with E-state index in [0.29, 0.717) is 0 Å². The van der Waals surface area contributed by atoms with Gasteiger partial charge >= 0.3 is 0 Å². The molecule has 0 aromatic heterocycles. The SMILES string of the molecule is C=C1C(C)SC1CCSC(C)C. The van der Waals surface area contributed by atoms with E-state index in [2.05, 4.69) is 50.9 Å².